The number of amides is 1. The van der Waals surface area contributed by atoms with E-state index < -0.39 is 0 Å². The van der Waals surface area contributed by atoms with Crippen molar-refractivity contribution in [1.82, 2.24) is 14.8 Å². The maximum absolute atomic E-state index is 13.0. The molecule has 0 atom stereocenters. The number of likely N-dealkylation sites (N-methyl/N-ethyl adjacent to an activating group) is 1. The summed E-state index contributed by atoms with van der Waals surface area (Å²) in [5, 5.41) is 2.89. The fourth-order valence-corrected chi connectivity index (χ4v) is 2.06. The Morgan fingerprint density at radius 2 is 1.95 bits per heavy atom. The Balaban J connectivity index is 2.00. The fraction of sp³-hybridized carbons (Fsp3) is 0.312. The molecule has 0 aliphatic heterocycles. The highest BCUT2D eigenvalue weighted by atomic mass is 19.1. The molecule has 0 saturated carbocycles. The van der Waals surface area contributed by atoms with Gasteiger partial charge < -0.3 is 14.8 Å². The van der Waals surface area contributed by atoms with Crippen LogP contribution in [0.4, 0.5) is 4.39 Å². The van der Waals surface area contributed by atoms with Gasteiger partial charge in [0.25, 0.3) is 0 Å². The second-order valence-corrected chi connectivity index (χ2v) is 5.18. The summed E-state index contributed by atoms with van der Waals surface area (Å²) < 4.78 is 14.9. The van der Waals surface area contributed by atoms with Crippen molar-refractivity contribution in [2.24, 2.45) is 0 Å². The molecule has 0 fully saturated rings. The normalized spacial score (nSPS) is 10.9. The Bertz CT molecular complexity index is 590. The third-order valence-electron chi connectivity index (χ3n) is 3.16. The fourth-order valence-electron chi connectivity index (χ4n) is 2.06. The first kappa shape index (κ1) is 15.3. The van der Waals surface area contributed by atoms with Crippen LogP contribution < -0.4 is 5.32 Å². The molecule has 112 valence electrons. The topological polar surface area (TPSA) is 37.3 Å². The molecule has 4 nitrogen and oxygen atoms in total. The Kier molecular flexibility index (Phi) is 5.11. The minimum absolute atomic E-state index is 0.0149. The largest absolute Gasteiger partial charge is 0.354 e. The number of benzene rings is 1. The maximum atomic E-state index is 13.0. The summed E-state index contributed by atoms with van der Waals surface area (Å²) in [4.78, 5) is 13.9. The Morgan fingerprint density at radius 1 is 1.24 bits per heavy atom. The Morgan fingerprint density at radius 3 is 2.62 bits per heavy atom. The second kappa shape index (κ2) is 7.04. The number of nitrogens with one attached hydrogen (secondary N) is 1. The number of halogens is 1. The molecule has 1 N–H and O–H groups in total. The van der Waals surface area contributed by atoms with E-state index in [2.05, 4.69) is 5.32 Å². The standard InChI is InChI=1S/C16H20FN3O/c1-19(2)11-9-18-16(21)12-15-4-3-10-20(15)14-7-5-13(17)6-8-14/h3-8,10H,9,11-12H2,1-2H3,(H,18,21). The van der Waals surface area contributed by atoms with E-state index in [1.807, 2.05) is 41.9 Å². The molecule has 0 unspecified atom stereocenters. The summed E-state index contributed by atoms with van der Waals surface area (Å²) in [6, 6.07) is 10.00. The smallest absolute Gasteiger partial charge is 0.225 e. The van der Waals surface area contributed by atoms with Gasteiger partial charge in [-0.05, 0) is 50.5 Å². The van der Waals surface area contributed by atoms with Crippen LogP contribution in [0.2, 0.25) is 0 Å². The second-order valence-electron chi connectivity index (χ2n) is 5.18. The van der Waals surface area contributed by atoms with Crippen molar-refractivity contribution in [3.63, 3.8) is 0 Å². The summed E-state index contributed by atoms with van der Waals surface area (Å²) in [6.07, 6.45) is 2.17. The van der Waals surface area contributed by atoms with Crippen LogP contribution in [0.3, 0.4) is 0 Å². The van der Waals surface area contributed by atoms with Crippen molar-refractivity contribution in [2.75, 3.05) is 27.2 Å². The SMILES string of the molecule is CN(C)CCNC(=O)Cc1cccn1-c1ccc(F)cc1. The van der Waals surface area contributed by atoms with Crippen LogP contribution in [-0.4, -0.2) is 42.6 Å². The van der Waals surface area contributed by atoms with Crippen molar-refractivity contribution in [3.05, 3.63) is 54.1 Å². The number of carbonyl (C=O) groups excluding carboxylic acids is 1. The van der Waals surface area contributed by atoms with E-state index in [0.29, 0.717) is 13.0 Å². The van der Waals surface area contributed by atoms with Gasteiger partial charge in [-0.3, -0.25) is 4.79 Å². The molecule has 0 saturated heterocycles. The molecular weight excluding hydrogens is 269 g/mol. The zero-order chi connectivity index (χ0) is 15.2. The van der Waals surface area contributed by atoms with Gasteiger partial charge in [0.1, 0.15) is 5.82 Å². The molecule has 1 amide bonds. The van der Waals surface area contributed by atoms with E-state index in [0.717, 1.165) is 17.9 Å². The molecule has 1 aromatic heterocycles. The van der Waals surface area contributed by atoms with Crippen LogP contribution in [0.1, 0.15) is 5.69 Å². The first-order chi connectivity index (χ1) is 10.1. The quantitative estimate of drug-likeness (QED) is 0.881. The average Bonchev–Trinajstić information content (AvgIpc) is 2.87. The lowest BCUT2D eigenvalue weighted by atomic mass is 10.2. The highest BCUT2D eigenvalue weighted by Crippen LogP contribution is 2.14. The van der Waals surface area contributed by atoms with Gasteiger partial charge in [0, 0.05) is 30.7 Å². The van der Waals surface area contributed by atoms with Crippen LogP contribution in [0, 0.1) is 5.82 Å². The summed E-state index contributed by atoms with van der Waals surface area (Å²) >= 11 is 0. The lowest BCUT2D eigenvalue weighted by Crippen LogP contribution is -2.32. The third-order valence-corrected chi connectivity index (χ3v) is 3.16. The molecule has 0 aliphatic carbocycles. The van der Waals surface area contributed by atoms with E-state index in [1.54, 1.807) is 12.1 Å². The van der Waals surface area contributed by atoms with Gasteiger partial charge in [0.05, 0.1) is 6.42 Å². The minimum Gasteiger partial charge on any atom is -0.354 e. The van der Waals surface area contributed by atoms with Crippen LogP contribution in [-0.2, 0) is 11.2 Å². The van der Waals surface area contributed by atoms with Gasteiger partial charge in [-0.2, -0.15) is 0 Å². The van der Waals surface area contributed by atoms with E-state index in [-0.39, 0.29) is 11.7 Å². The van der Waals surface area contributed by atoms with Crippen LogP contribution in [0.15, 0.2) is 42.6 Å². The van der Waals surface area contributed by atoms with E-state index in [9.17, 15) is 9.18 Å². The monoisotopic (exact) mass is 289 g/mol. The third kappa shape index (κ3) is 4.43. The molecule has 0 bridgehead atoms. The maximum Gasteiger partial charge on any atom is 0.225 e. The number of hydrogen-bond donors (Lipinski definition) is 1. The molecule has 1 heterocycles. The summed E-state index contributed by atoms with van der Waals surface area (Å²) in [7, 11) is 3.93. The van der Waals surface area contributed by atoms with Gasteiger partial charge >= 0.3 is 0 Å². The highest BCUT2D eigenvalue weighted by molar-refractivity contribution is 5.78. The number of rotatable bonds is 6. The van der Waals surface area contributed by atoms with Gasteiger partial charge in [0.15, 0.2) is 0 Å². The predicted molar refractivity (Wildman–Crippen MR) is 81.0 cm³/mol. The summed E-state index contributed by atoms with van der Waals surface area (Å²) in [6.45, 7) is 1.44. The Hall–Kier alpha value is -2.14. The van der Waals surface area contributed by atoms with Crippen molar-refractivity contribution >= 4 is 5.91 Å². The number of aromatic nitrogens is 1. The summed E-state index contributed by atoms with van der Waals surface area (Å²) in [5.41, 5.74) is 1.72. The number of nitrogens with zero attached hydrogens (tertiary/aromatic N) is 2. The highest BCUT2D eigenvalue weighted by Gasteiger charge is 2.08. The minimum atomic E-state index is -0.270. The van der Waals surface area contributed by atoms with Gasteiger partial charge in [-0.1, -0.05) is 0 Å². The van der Waals surface area contributed by atoms with Crippen molar-refractivity contribution in [2.45, 2.75) is 6.42 Å². The lowest BCUT2D eigenvalue weighted by molar-refractivity contribution is -0.120. The predicted octanol–water partition coefficient (Wildman–Crippen LogP) is 1.84. The van der Waals surface area contributed by atoms with Crippen LogP contribution in [0.25, 0.3) is 5.69 Å². The molecule has 5 heteroatoms. The molecule has 1 aromatic carbocycles. The van der Waals surface area contributed by atoms with E-state index in [1.165, 1.54) is 12.1 Å². The molecular formula is C16H20FN3O. The van der Waals surface area contributed by atoms with E-state index in [4.69, 9.17) is 0 Å². The number of carbonyl (C=O) groups is 1. The van der Waals surface area contributed by atoms with Crippen LogP contribution in [0.5, 0.6) is 0 Å². The summed E-state index contributed by atoms with van der Waals surface area (Å²) in [5.74, 6) is -0.284. The van der Waals surface area contributed by atoms with E-state index >= 15 is 0 Å². The first-order valence-corrected chi connectivity index (χ1v) is 6.90. The molecule has 2 rings (SSSR count). The molecule has 0 radical (unpaired) electrons. The zero-order valence-corrected chi connectivity index (χ0v) is 12.3. The van der Waals surface area contributed by atoms with Crippen molar-refractivity contribution in [1.29, 1.82) is 0 Å². The molecule has 0 aliphatic rings. The zero-order valence-electron chi connectivity index (χ0n) is 12.3. The molecule has 2 aromatic rings. The molecule has 21 heavy (non-hydrogen) atoms. The lowest BCUT2D eigenvalue weighted by Gasteiger charge is -2.12. The number of hydrogen-bond acceptors (Lipinski definition) is 2. The van der Waals surface area contributed by atoms with Crippen LogP contribution >= 0.6 is 0 Å². The Labute approximate surface area is 124 Å². The van der Waals surface area contributed by atoms with Gasteiger partial charge in [-0.25, -0.2) is 4.39 Å². The van der Waals surface area contributed by atoms with Crippen molar-refractivity contribution in [3.8, 4) is 5.69 Å². The van der Waals surface area contributed by atoms with Gasteiger partial charge in [0.2, 0.25) is 5.91 Å². The van der Waals surface area contributed by atoms with Crippen molar-refractivity contribution < 1.29 is 9.18 Å². The first-order valence-electron chi connectivity index (χ1n) is 6.90. The molecule has 0 spiro atoms. The average molecular weight is 289 g/mol. The van der Waals surface area contributed by atoms with Gasteiger partial charge in [-0.15, -0.1) is 0 Å².